The minimum atomic E-state index is -4.29. The van der Waals surface area contributed by atoms with Crippen molar-refractivity contribution in [3.05, 3.63) is 28.7 Å². The van der Waals surface area contributed by atoms with E-state index >= 15 is 0 Å². The number of pyridine rings is 1. The average molecular weight is 204 g/mol. The molecule has 0 spiro atoms. The molecule has 7 heteroatoms. The van der Waals surface area contributed by atoms with Gasteiger partial charge in [-0.2, -0.15) is 8.42 Å². The number of nitrogens with zero attached hydrogens (tertiary/aromatic N) is 1. The van der Waals surface area contributed by atoms with Crippen molar-refractivity contribution in [3.63, 3.8) is 0 Å². The van der Waals surface area contributed by atoms with Crippen LogP contribution in [0.3, 0.4) is 0 Å². The zero-order valence-electron chi connectivity index (χ0n) is 6.76. The maximum atomic E-state index is 11.0. The van der Waals surface area contributed by atoms with Gasteiger partial charge in [0.2, 0.25) is 0 Å². The standard InChI is InChI=1S/C6H8N2O4S/c1-7-8-3-2-5(4-6(8)9)13(10,11)12/h2-4,7H,1H3,(H,10,11,12). The largest absolute Gasteiger partial charge is 0.326 e. The van der Waals surface area contributed by atoms with Gasteiger partial charge in [-0.25, -0.2) is 4.68 Å². The van der Waals surface area contributed by atoms with Crippen LogP contribution in [0.15, 0.2) is 28.0 Å². The van der Waals surface area contributed by atoms with Crippen LogP contribution in [-0.4, -0.2) is 24.7 Å². The summed E-state index contributed by atoms with van der Waals surface area (Å²) in [5, 5.41) is 0. The molecule has 0 aliphatic rings. The van der Waals surface area contributed by atoms with E-state index in [9.17, 15) is 13.2 Å². The first-order valence-electron chi connectivity index (χ1n) is 3.33. The van der Waals surface area contributed by atoms with Crippen molar-refractivity contribution in [2.75, 3.05) is 12.5 Å². The van der Waals surface area contributed by atoms with Crippen LogP contribution >= 0.6 is 0 Å². The second-order valence-electron chi connectivity index (χ2n) is 2.27. The topological polar surface area (TPSA) is 88.4 Å². The third-order valence-electron chi connectivity index (χ3n) is 1.43. The molecule has 6 nitrogen and oxygen atoms in total. The molecule has 0 aliphatic carbocycles. The Morgan fingerprint density at radius 2 is 2.15 bits per heavy atom. The molecule has 0 unspecified atom stereocenters. The molecule has 0 saturated carbocycles. The zero-order chi connectivity index (χ0) is 10.1. The highest BCUT2D eigenvalue weighted by Crippen LogP contribution is 2.02. The summed E-state index contributed by atoms with van der Waals surface area (Å²) in [6.07, 6.45) is 1.21. The van der Waals surface area contributed by atoms with Crippen molar-refractivity contribution in [3.8, 4) is 0 Å². The highest BCUT2D eigenvalue weighted by Gasteiger charge is 2.09. The molecule has 0 bridgehead atoms. The Labute approximate surface area is 74.5 Å². The van der Waals surface area contributed by atoms with Crippen molar-refractivity contribution in [1.29, 1.82) is 0 Å². The zero-order valence-corrected chi connectivity index (χ0v) is 7.58. The second kappa shape index (κ2) is 3.19. The molecule has 0 fully saturated rings. The Hall–Kier alpha value is -1.34. The lowest BCUT2D eigenvalue weighted by atomic mass is 10.5. The Balaban J connectivity index is 3.35. The number of aromatic nitrogens is 1. The summed E-state index contributed by atoms with van der Waals surface area (Å²) in [5.74, 6) is 0. The molecule has 0 radical (unpaired) electrons. The summed E-state index contributed by atoms with van der Waals surface area (Å²) in [6.45, 7) is 0. The van der Waals surface area contributed by atoms with E-state index in [-0.39, 0.29) is 0 Å². The van der Waals surface area contributed by atoms with Crippen molar-refractivity contribution in [2.45, 2.75) is 4.90 Å². The number of rotatable bonds is 2. The van der Waals surface area contributed by atoms with Gasteiger partial charge in [0.05, 0.1) is 0 Å². The Kier molecular flexibility index (Phi) is 2.39. The molecular formula is C6H8N2O4S. The Morgan fingerprint density at radius 3 is 2.54 bits per heavy atom. The number of hydrogen-bond acceptors (Lipinski definition) is 4. The first-order valence-corrected chi connectivity index (χ1v) is 4.77. The first kappa shape index (κ1) is 9.75. The molecule has 1 aromatic heterocycles. The molecule has 13 heavy (non-hydrogen) atoms. The van der Waals surface area contributed by atoms with Crippen molar-refractivity contribution < 1.29 is 13.0 Å². The summed E-state index contributed by atoms with van der Waals surface area (Å²) in [7, 11) is -2.78. The van der Waals surface area contributed by atoms with E-state index in [4.69, 9.17) is 4.55 Å². The van der Waals surface area contributed by atoms with Gasteiger partial charge in [0.15, 0.2) is 0 Å². The smallest absolute Gasteiger partial charge is 0.294 e. The summed E-state index contributed by atoms with van der Waals surface area (Å²) < 4.78 is 30.8. The molecule has 0 saturated heterocycles. The lowest BCUT2D eigenvalue weighted by molar-refractivity contribution is 0.482. The predicted molar refractivity (Wildman–Crippen MR) is 45.8 cm³/mol. The molecule has 72 valence electrons. The summed E-state index contributed by atoms with van der Waals surface area (Å²) in [4.78, 5) is 10.6. The van der Waals surface area contributed by atoms with E-state index in [0.29, 0.717) is 0 Å². The van der Waals surface area contributed by atoms with Crippen LogP contribution < -0.4 is 11.0 Å². The van der Waals surface area contributed by atoms with E-state index in [1.807, 2.05) is 0 Å². The molecule has 2 N–H and O–H groups in total. The van der Waals surface area contributed by atoms with Crippen LogP contribution in [0.1, 0.15) is 0 Å². The molecule has 0 aromatic carbocycles. The number of nitrogens with one attached hydrogen (secondary N) is 1. The number of hydrogen-bond donors (Lipinski definition) is 2. The van der Waals surface area contributed by atoms with E-state index in [2.05, 4.69) is 5.43 Å². The predicted octanol–water partition coefficient (Wildman–Crippen LogP) is -0.732. The Morgan fingerprint density at radius 1 is 1.54 bits per heavy atom. The van der Waals surface area contributed by atoms with Gasteiger partial charge in [0, 0.05) is 19.3 Å². The third kappa shape index (κ3) is 2.07. The van der Waals surface area contributed by atoms with Crippen LogP contribution in [0.5, 0.6) is 0 Å². The maximum absolute atomic E-state index is 11.0. The minimum absolute atomic E-state index is 0.413. The van der Waals surface area contributed by atoms with Gasteiger partial charge >= 0.3 is 0 Å². The fraction of sp³-hybridized carbons (Fsp3) is 0.167. The summed E-state index contributed by atoms with van der Waals surface area (Å²) in [5.41, 5.74) is 1.94. The molecule has 1 rings (SSSR count). The normalized spacial score (nSPS) is 11.2. The summed E-state index contributed by atoms with van der Waals surface area (Å²) in [6, 6.07) is 1.94. The maximum Gasteiger partial charge on any atom is 0.294 e. The molecule has 0 aliphatic heterocycles. The van der Waals surface area contributed by atoms with Gasteiger partial charge in [0.25, 0.3) is 15.7 Å². The van der Waals surface area contributed by atoms with E-state index in [1.54, 1.807) is 0 Å². The monoisotopic (exact) mass is 204 g/mol. The van der Waals surface area contributed by atoms with Crippen LogP contribution in [-0.2, 0) is 10.1 Å². The van der Waals surface area contributed by atoms with Gasteiger partial charge in [-0.15, -0.1) is 0 Å². The highest BCUT2D eigenvalue weighted by atomic mass is 32.2. The van der Waals surface area contributed by atoms with Crippen molar-refractivity contribution in [2.24, 2.45) is 0 Å². The quantitative estimate of drug-likeness (QED) is 0.620. The summed E-state index contributed by atoms with van der Waals surface area (Å²) >= 11 is 0. The van der Waals surface area contributed by atoms with Crippen LogP contribution in [0, 0.1) is 0 Å². The SMILES string of the molecule is CNn1ccc(S(=O)(=O)O)cc1=O. The molecule has 1 heterocycles. The second-order valence-corrected chi connectivity index (χ2v) is 3.69. The fourth-order valence-electron chi connectivity index (χ4n) is 0.806. The molecule has 0 amide bonds. The lowest BCUT2D eigenvalue weighted by Gasteiger charge is -2.03. The first-order chi connectivity index (χ1) is 5.95. The van der Waals surface area contributed by atoms with Crippen molar-refractivity contribution >= 4 is 10.1 Å². The van der Waals surface area contributed by atoms with Gasteiger partial charge in [-0.1, -0.05) is 0 Å². The van der Waals surface area contributed by atoms with E-state index in [1.165, 1.54) is 13.2 Å². The highest BCUT2D eigenvalue weighted by molar-refractivity contribution is 7.85. The van der Waals surface area contributed by atoms with Crippen molar-refractivity contribution in [1.82, 2.24) is 4.68 Å². The van der Waals surface area contributed by atoms with Gasteiger partial charge in [-0.3, -0.25) is 9.35 Å². The van der Waals surface area contributed by atoms with Gasteiger partial charge < -0.3 is 5.43 Å². The Bertz CT molecular complexity index is 462. The molecule has 1 aromatic rings. The average Bonchev–Trinajstić information content (AvgIpc) is 2.02. The van der Waals surface area contributed by atoms with E-state index < -0.39 is 20.6 Å². The van der Waals surface area contributed by atoms with Crippen LogP contribution in [0.4, 0.5) is 0 Å². The van der Waals surface area contributed by atoms with E-state index in [0.717, 1.165) is 16.8 Å². The third-order valence-corrected chi connectivity index (χ3v) is 2.28. The molecular weight excluding hydrogens is 196 g/mol. The lowest BCUT2D eigenvalue weighted by Crippen LogP contribution is -2.25. The molecule has 0 atom stereocenters. The van der Waals surface area contributed by atoms with Gasteiger partial charge in [-0.05, 0) is 6.07 Å². The van der Waals surface area contributed by atoms with Crippen LogP contribution in [0.2, 0.25) is 0 Å². The van der Waals surface area contributed by atoms with Gasteiger partial charge in [0.1, 0.15) is 4.90 Å². The minimum Gasteiger partial charge on any atom is -0.326 e. The van der Waals surface area contributed by atoms with Crippen LogP contribution in [0.25, 0.3) is 0 Å². The fourth-order valence-corrected chi connectivity index (χ4v) is 1.29.